The van der Waals surface area contributed by atoms with Gasteiger partial charge in [-0.1, -0.05) is 19.1 Å². The van der Waals surface area contributed by atoms with Crippen molar-refractivity contribution < 1.29 is 9.53 Å². The lowest BCUT2D eigenvalue weighted by molar-refractivity contribution is 0.0520. The minimum Gasteiger partial charge on any atom is -0.461 e. The van der Waals surface area contributed by atoms with Crippen molar-refractivity contribution in [2.24, 2.45) is 5.92 Å². The Labute approximate surface area is 88.4 Å². The first-order valence-electron chi connectivity index (χ1n) is 4.92. The summed E-state index contributed by atoms with van der Waals surface area (Å²) < 4.78 is 6.30. The number of carbonyl (C=O) groups excluding carboxylic acids is 1. The van der Waals surface area contributed by atoms with Crippen LogP contribution in [0.25, 0.3) is 0 Å². The summed E-state index contributed by atoms with van der Waals surface area (Å²) in [5.74, 6) is 0.135. The van der Waals surface area contributed by atoms with E-state index < -0.39 is 5.97 Å². The van der Waals surface area contributed by atoms with E-state index in [1.165, 1.54) is 4.68 Å². The van der Waals surface area contributed by atoms with Crippen LogP contribution >= 0.6 is 0 Å². The minimum absolute atomic E-state index is 0.0949. The summed E-state index contributed by atoms with van der Waals surface area (Å²) in [6, 6.07) is 0. The first kappa shape index (κ1) is 11.5. The molecule has 0 bridgehead atoms. The Bertz CT molecular complexity index is 346. The van der Waals surface area contributed by atoms with Crippen molar-refractivity contribution in [3.63, 3.8) is 0 Å². The van der Waals surface area contributed by atoms with Gasteiger partial charge in [0.2, 0.25) is 5.69 Å². The van der Waals surface area contributed by atoms with E-state index in [9.17, 15) is 4.79 Å². The molecule has 0 aliphatic heterocycles. The van der Waals surface area contributed by atoms with Gasteiger partial charge in [-0.3, -0.25) is 0 Å². The van der Waals surface area contributed by atoms with Gasteiger partial charge in [0, 0.05) is 6.54 Å². The van der Waals surface area contributed by atoms with Crippen LogP contribution in [0.2, 0.25) is 0 Å². The SMILES string of the molecule is CCOC(=O)c1nnn(CC(C)C)c1N. The zero-order valence-electron chi connectivity index (χ0n) is 9.23. The second kappa shape index (κ2) is 4.77. The highest BCUT2D eigenvalue weighted by Crippen LogP contribution is 2.11. The van der Waals surface area contributed by atoms with E-state index in [2.05, 4.69) is 10.3 Å². The van der Waals surface area contributed by atoms with Crippen molar-refractivity contribution in [1.29, 1.82) is 0 Å². The van der Waals surface area contributed by atoms with Gasteiger partial charge in [0.05, 0.1) is 6.61 Å². The van der Waals surface area contributed by atoms with Gasteiger partial charge in [0.15, 0.2) is 5.82 Å². The van der Waals surface area contributed by atoms with Gasteiger partial charge in [-0.15, -0.1) is 5.10 Å². The van der Waals surface area contributed by atoms with Crippen molar-refractivity contribution in [1.82, 2.24) is 15.0 Å². The summed E-state index contributed by atoms with van der Waals surface area (Å²) in [6.07, 6.45) is 0. The van der Waals surface area contributed by atoms with Crippen molar-refractivity contribution in [2.75, 3.05) is 12.3 Å². The molecular formula is C9H16N4O2. The lowest BCUT2D eigenvalue weighted by atomic mass is 10.2. The summed E-state index contributed by atoms with van der Waals surface area (Å²) in [4.78, 5) is 11.3. The second-order valence-corrected chi connectivity index (χ2v) is 3.62. The number of hydrogen-bond acceptors (Lipinski definition) is 5. The summed E-state index contributed by atoms with van der Waals surface area (Å²) in [6.45, 7) is 6.73. The van der Waals surface area contributed by atoms with E-state index in [1.54, 1.807) is 6.92 Å². The fraction of sp³-hybridized carbons (Fsp3) is 0.667. The molecule has 6 nitrogen and oxygen atoms in total. The number of carbonyl (C=O) groups is 1. The Morgan fingerprint density at radius 3 is 2.80 bits per heavy atom. The average molecular weight is 212 g/mol. The number of nitrogens with zero attached hydrogens (tertiary/aromatic N) is 3. The number of aromatic nitrogens is 3. The average Bonchev–Trinajstić information content (AvgIpc) is 2.48. The highest BCUT2D eigenvalue weighted by atomic mass is 16.5. The zero-order chi connectivity index (χ0) is 11.4. The number of anilines is 1. The summed E-state index contributed by atoms with van der Waals surface area (Å²) in [5.41, 5.74) is 5.81. The number of esters is 1. The maximum atomic E-state index is 11.3. The zero-order valence-corrected chi connectivity index (χ0v) is 9.23. The second-order valence-electron chi connectivity index (χ2n) is 3.62. The Morgan fingerprint density at radius 1 is 1.60 bits per heavy atom. The lowest BCUT2D eigenvalue weighted by Gasteiger charge is -2.05. The van der Waals surface area contributed by atoms with Crippen LogP contribution in [-0.4, -0.2) is 27.6 Å². The fourth-order valence-electron chi connectivity index (χ4n) is 1.15. The normalized spacial score (nSPS) is 10.7. The van der Waals surface area contributed by atoms with E-state index in [0.29, 0.717) is 19.1 Å². The van der Waals surface area contributed by atoms with Crippen LogP contribution in [0, 0.1) is 5.92 Å². The topological polar surface area (TPSA) is 83.0 Å². The summed E-state index contributed by atoms with van der Waals surface area (Å²) in [7, 11) is 0. The van der Waals surface area contributed by atoms with Crippen molar-refractivity contribution in [3.8, 4) is 0 Å². The molecule has 1 aromatic rings. The summed E-state index contributed by atoms with van der Waals surface area (Å²) in [5, 5.41) is 7.50. The largest absolute Gasteiger partial charge is 0.461 e. The highest BCUT2D eigenvalue weighted by Gasteiger charge is 2.18. The van der Waals surface area contributed by atoms with Crippen LogP contribution in [0.5, 0.6) is 0 Å². The van der Waals surface area contributed by atoms with E-state index >= 15 is 0 Å². The molecule has 0 saturated carbocycles. The monoisotopic (exact) mass is 212 g/mol. The predicted molar refractivity (Wildman–Crippen MR) is 55.2 cm³/mol. The first-order valence-corrected chi connectivity index (χ1v) is 4.92. The minimum atomic E-state index is -0.523. The van der Waals surface area contributed by atoms with Gasteiger partial charge in [-0.2, -0.15) is 0 Å². The van der Waals surface area contributed by atoms with Gasteiger partial charge in [0.25, 0.3) is 0 Å². The molecule has 1 rings (SSSR count). The molecule has 2 N–H and O–H groups in total. The molecule has 0 saturated heterocycles. The van der Waals surface area contributed by atoms with Crippen LogP contribution < -0.4 is 5.73 Å². The molecule has 15 heavy (non-hydrogen) atoms. The maximum Gasteiger partial charge on any atom is 0.362 e. The number of hydrogen-bond donors (Lipinski definition) is 1. The number of ether oxygens (including phenoxy) is 1. The molecule has 1 heterocycles. The lowest BCUT2D eigenvalue weighted by Crippen LogP contribution is -2.12. The molecule has 0 unspecified atom stereocenters. The molecular weight excluding hydrogens is 196 g/mol. The molecule has 0 aromatic carbocycles. The van der Waals surface area contributed by atoms with Gasteiger partial charge < -0.3 is 10.5 Å². The molecule has 1 aromatic heterocycles. The molecule has 6 heteroatoms. The molecule has 0 aliphatic rings. The molecule has 0 atom stereocenters. The van der Waals surface area contributed by atoms with Crippen LogP contribution in [-0.2, 0) is 11.3 Å². The quantitative estimate of drug-likeness (QED) is 0.742. The molecule has 0 fully saturated rings. The van der Waals surface area contributed by atoms with Crippen molar-refractivity contribution in [2.45, 2.75) is 27.3 Å². The van der Waals surface area contributed by atoms with Crippen LogP contribution in [0.4, 0.5) is 5.82 Å². The van der Waals surface area contributed by atoms with E-state index in [-0.39, 0.29) is 11.5 Å². The van der Waals surface area contributed by atoms with E-state index in [1.807, 2.05) is 13.8 Å². The van der Waals surface area contributed by atoms with Crippen molar-refractivity contribution >= 4 is 11.8 Å². The summed E-state index contributed by atoms with van der Waals surface area (Å²) >= 11 is 0. The van der Waals surface area contributed by atoms with Crippen LogP contribution in [0.3, 0.4) is 0 Å². The van der Waals surface area contributed by atoms with Gasteiger partial charge in [-0.25, -0.2) is 9.48 Å². The van der Waals surface area contributed by atoms with Crippen molar-refractivity contribution in [3.05, 3.63) is 5.69 Å². The fourth-order valence-corrected chi connectivity index (χ4v) is 1.15. The number of nitrogen functional groups attached to an aromatic ring is 1. The Kier molecular flexibility index (Phi) is 3.65. The van der Waals surface area contributed by atoms with Crippen LogP contribution in [0.15, 0.2) is 0 Å². The number of rotatable bonds is 4. The third-order valence-electron chi connectivity index (χ3n) is 1.78. The third-order valence-corrected chi connectivity index (χ3v) is 1.78. The Hall–Kier alpha value is -1.59. The van der Waals surface area contributed by atoms with Crippen LogP contribution in [0.1, 0.15) is 31.3 Å². The highest BCUT2D eigenvalue weighted by molar-refractivity contribution is 5.91. The molecule has 0 spiro atoms. The number of nitrogens with two attached hydrogens (primary N) is 1. The molecule has 0 amide bonds. The molecule has 84 valence electrons. The van der Waals surface area contributed by atoms with Gasteiger partial charge >= 0.3 is 5.97 Å². The predicted octanol–water partition coefficient (Wildman–Crippen LogP) is 0.693. The first-order chi connectivity index (χ1) is 7.06. The van der Waals surface area contributed by atoms with E-state index in [0.717, 1.165) is 0 Å². The molecule has 0 aliphatic carbocycles. The Morgan fingerprint density at radius 2 is 2.27 bits per heavy atom. The standard InChI is InChI=1S/C9H16N4O2/c1-4-15-9(14)7-8(10)13(12-11-7)5-6(2)3/h6H,4-5,10H2,1-3H3. The third kappa shape index (κ3) is 2.68. The van der Waals surface area contributed by atoms with Gasteiger partial charge in [0.1, 0.15) is 0 Å². The maximum absolute atomic E-state index is 11.3. The van der Waals surface area contributed by atoms with Gasteiger partial charge in [-0.05, 0) is 12.8 Å². The molecule has 0 radical (unpaired) electrons. The Balaban J connectivity index is 2.84. The van der Waals surface area contributed by atoms with E-state index in [4.69, 9.17) is 10.5 Å². The smallest absolute Gasteiger partial charge is 0.362 e.